The summed E-state index contributed by atoms with van der Waals surface area (Å²) in [7, 11) is 0. The van der Waals surface area contributed by atoms with Crippen molar-refractivity contribution in [1.82, 2.24) is 14.8 Å². The Bertz CT molecular complexity index is 314. The summed E-state index contributed by atoms with van der Waals surface area (Å²) in [6.45, 7) is 4.77. The van der Waals surface area contributed by atoms with Gasteiger partial charge in [-0.3, -0.25) is 10.1 Å². The van der Waals surface area contributed by atoms with Gasteiger partial charge >= 0.3 is 0 Å². The second kappa shape index (κ2) is 6.49. The molecule has 0 spiro atoms. The van der Waals surface area contributed by atoms with Gasteiger partial charge in [0.2, 0.25) is 11.0 Å². The largest absolute Gasteiger partial charge is 0.330 e. The maximum Gasteiger partial charge on any atom is 0.231 e. The second-order valence-electron chi connectivity index (χ2n) is 4.15. The van der Waals surface area contributed by atoms with Crippen molar-refractivity contribution in [3.8, 4) is 0 Å². The van der Waals surface area contributed by atoms with E-state index in [1.54, 1.807) is 0 Å². The summed E-state index contributed by atoms with van der Waals surface area (Å²) in [5.74, 6) is 0.695. The lowest BCUT2D eigenvalue weighted by Crippen LogP contribution is -2.23. The van der Waals surface area contributed by atoms with Crippen LogP contribution in [0.25, 0.3) is 0 Å². The molecular weight excluding hydrogens is 226 g/mol. The molecule has 16 heavy (non-hydrogen) atoms. The van der Waals surface area contributed by atoms with E-state index in [0.717, 1.165) is 18.0 Å². The Morgan fingerprint density at radius 1 is 1.56 bits per heavy atom. The third-order valence-corrected chi connectivity index (χ3v) is 2.67. The topological polar surface area (TPSA) is 93.8 Å². The van der Waals surface area contributed by atoms with Crippen molar-refractivity contribution in [2.75, 3.05) is 11.9 Å². The Balaban J connectivity index is 2.37. The van der Waals surface area contributed by atoms with Crippen molar-refractivity contribution in [3.63, 3.8) is 0 Å². The molecule has 0 radical (unpaired) electrons. The molecule has 1 atom stereocenters. The fourth-order valence-electron chi connectivity index (χ4n) is 1.54. The first-order valence-electron chi connectivity index (χ1n) is 5.26. The molecule has 1 aromatic heterocycles. The third kappa shape index (κ3) is 4.63. The lowest BCUT2D eigenvalue weighted by atomic mass is 9.94. The number of nitrogens with one attached hydrogen (secondary N) is 1. The van der Waals surface area contributed by atoms with Gasteiger partial charge in [0.05, 0.1) is 0 Å². The molecule has 0 aromatic carbocycles. The molecule has 1 heterocycles. The van der Waals surface area contributed by atoms with E-state index in [4.69, 9.17) is 5.73 Å². The number of hydrogen-bond donors (Lipinski definition) is 2. The van der Waals surface area contributed by atoms with Crippen LogP contribution >= 0.6 is 11.5 Å². The van der Waals surface area contributed by atoms with E-state index in [0.29, 0.717) is 24.0 Å². The zero-order chi connectivity index (χ0) is 12.0. The fourth-order valence-corrected chi connectivity index (χ4v) is 1.93. The molecule has 0 aliphatic rings. The summed E-state index contributed by atoms with van der Waals surface area (Å²) < 4.78 is 3.56. The van der Waals surface area contributed by atoms with E-state index in [1.807, 2.05) is 0 Å². The Hall–Kier alpha value is -1.08. The van der Waals surface area contributed by atoms with Gasteiger partial charge in [-0.15, -0.1) is 0 Å². The Morgan fingerprint density at radius 2 is 2.31 bits per heavy atom. The first-order valence-corrected chi connectivity index (χ1v) is 6.04. The van der Waals surface area contributed by atoms with Crippen LogP contribution in [0.5, 0.6) is 0 Å². The second-order valence-corrected chi connectivity index (χ2v) is 4.88. The van der Waals surface area contributed by atoms with Crippen molar-refractivity contribution < 1.29 is 4.79 Å². The smallest absolute Gasteiger partial charge is 0.231 e. The average Bonchev–Trinajstić information content (AvgIpc) is 2.68. The van der Waals surface area contributed by atoms with Gasteiger partial charge in [0.15, 0.2) is 0 Å². The normalized spacial score (nSPS) is 12.8. The number of carbonyl (C=O) groups excluding carboxylic acids is 1. The van der Waals surface area contributed by atoms with Crippen molar-refractivity contribution in [3.05, 3.63) is 0 Å². The van der Waals surface area contributed by atoms with Gasteiger partial charge in [-0.25, -0.2) is 0 Å². The predicted molar refractivity (Wildman–Crippen MR) is 63.0 cm³/mol. The van der Waals surface area contributed by atoms with Crippen molar-refractivity contribution in [2.24, 2.45) is 17.6 Å². The number of amides is 1. The molecule has 7 heteroatoms. The number of carbonyl (C=O) groups is 1. The quantitative estimate of drug-likeness (QED) is 0.773. The van der Waals surface area contributed by atoms with E-state index in [1.165, 1.54) is 0 Å². The number of nitrogens with zero attached hydrogens (tertiary/aromatic N) is 3. The van der Waals surface area contributed by atoms with Crippen LogP contribution in [0.4, 0.5) is 5.13 Å². The summed E-state index contributed by atoms with van der Waals surface area (Å²) in [5.41, 5.74) is 5.63. The molecule has 0 aliphatic carbocycles. The molecular formula is C9H17N5OS. The van der Waals surface area contributed by atoms with Gasteiger partial charge < -0.3 is 5.73 Å². The molecule has 0 saturated heterocycles. The van der Waals surface area contributed by atoms with E-state index in [2.05, 4.69) is 34.0 Å². The van der Waals surface area contributed by atoms with Crippen LogP contribution in [0.2, 0.25) is 0 Å². The van der Waals surface area contributed by atoms with Crippen LogP contribution in [0.1, 0.15) is 26.7 Å². The molecule has 0 saturated carbocycles. The van der Waals surface area contributed by atoms with E-state index >= 15 is 0 Å². The van der Waals surface area contributed by atoms with Crippen molar-refractivity contribution >= 4 is 22.6 Å². The predicted octanol–water partition coefficient (Wildman–Crippen LogP) is 0.883. The average molecular weight is 243 g/mol. The maximum absolute atomic E-state index is 11.6. The third-order valence-electron chi connectivity index (χ3n) is 2.16. The minimum atomic E-state index is -0.0744. The Kier molecular flexibility index (Phi) is 5.27. The van der Waals surface area contributed by atoms with Gasteiger partial charge in [-0.1, -0.05) is 23.4 Å². The lowest BCUT2D eigenvalue weighted by Gasteiger charge is -2.15. The highest BCUT2D eigenvalue weighted by Crippen LogP contribution is 2.15. The monoisotopic (exact) mass is 243 g/mol. The number of nitrogens with two attached hydrogens (primary N) is 1. The first kappa shape index (κ1) is 13.0. The van der Waals surface area contributed by atoms with E-state index in [9.17, 15) is 4.79 Å². The summed E-state index contributed by atoms with van der Waals surface area (Å²) >= 11 is 1.06. The van der Waals surface area contributed by atoms with Crippen LogP contribution in [0.3, 0.4) is 0 Å². The summed E-state index contributed by atoms with van der Waals surface area (Å²) in [6, 6.07) is 0. The highest BCUT2D eigenvalue weighted by molar-refractivity contribution is 7.09. The zero-order valence-electron chi connectivity index (χ0n) is 9.51. The molecule has 1 amide bonds. The number of hydrogen-bond acceptors (Lipinski definition) is 6. The summed E-state index contributed by atoms with van der Waals surface area (Å²) in [4.78, 5) is 11.6. The SMILES string of the molecule is CC(C)CC(CN)CC(=O)Nc1nnns1. The van der Waals surface area contributed by atoms with Crippen molar-refractivity contribution in [2.45, 2.75) is 26.7 Å². The Labute approximate surface area is 98.8 Å². The molecule has 0 fully saturated rings. The van der Waals surface area contributed by atoms with Crippen LogP contribution in [0.15, 0.2) is 0 Å². The van der Waals surface area contributed by atoms with Crippen LogP contribution in [-0.2, 0) is 4.79 Å². The van der Waals surface area contributed by atoms with Crippen LogP contribution in [-0.4, -0.2) is 27.3 Å². The molecule has 1 rings (SSSR count). The maximum atomic E-state index is 11.6. The summed E-state index contributed by atoms with van der Waals surface area (Å²) in [5, 5.41) is 10.1. The van der Waals surface area contributed by atoms with Gasteiger partial charge in [-0.2, -0.15) is 0 Å². The van der Waals surface area contributed by atoms with Gasteiger partial charge in [0.25, 0.3) is 0 Å². The van der Waals surface area contributed by atoms with Gasteiger partial charge in [0.1, 0.15) is 0 Å². The molecule has 1 aromatic rings. The minimum absolute atomic E-state index is 0.0744. The molecule has 0 bridgehead atoms. The van der Waals surface area contributed by atoms with Crippen molar-refractivity contribution in [1.29, 1.82) is 0 Å². The minimum Gasteiger partial charge on any atom is -0.330 e. The van der Waals surface area contributed by atoms with Gasteiger partial charge in [0, 0.05) is 18.0 Å². The highest BCUT2D eigenvalue weighted by Gasteiger charge is 2.15. The number of rotatable bonds is 6. The standard InChI is InChI=1S/C9H17N5OS/c1-6(2)3-7(5-10)4-8(15)11-9-12-13-14-16-9/h6-7H,3-5,10H2,1-2H3,(H,11,12,14,15). The van der Waals surface area contributed by atoms with E-state index in [-0.39, 0.29) is 11.8 Å². The fraction of sp³-hybridized carbons (Fsp3) is 0.778. The first-order chi connectivity index (χ1) is 7.61. The number of aromatic nitrogens is 3. The summed E-state index contributed by atoms with van der Waals surface area (Å²) in [6.07, 6.45) is 1.38. The zero-order valence-corrected chi connectivity index (χ0v) is 10.3. The molecule has 0 aliphatic heterocycles. The molecule has 1 unspecified atom stereocenters. The van der Waals surface area contributed by atoms with Gasteiger partial charge in [-0.05, 0) is 30.0 Å². The van der Waals surface area contributed by atoms with Crippen LogP contribution < -0.4 is 11.1 Å². The molecule has 3 N–H and O–H groups in total. The highest BCUT2D eigenvalue weighted by atomic mass is 32.1. The lowest BCUT2D eigenvalue weighted by molar-refractivity contribution is -0.117. The van der Waals surface area contributed by atoms with Crippen LogP contribution in [0, 0.1) is 11.8 Å². The molecule has 90 valence electrons. The molecule has 6 nitrogen and oxygen atoms in total. The number of anilines is 1. The van der Waals surface area contributed by atoms with E-state index < -0.39 is 0 Å². The Morgan fingerprint density at radius 3 is 2.81 bits per heavy atom.